The molecule has 0 aliphatic rings. The lowest BCUT2D eigenvalue weighted by Gasteiger charge is -2.25. The average Bonchev–Trinajstić information content (AvgIpc) is 2.23. The zero-order valence-corrected chi connectivity index (χ0v) is 9.77. The van der Waals surface area contributed by atoms with Crippen LogP contribution < -0.4 is 0 Å². The Balaban J connectivity index is 4.36. The second-order valence-corrected chi connectivity index (χ2v) is 3.51. The van der Waals surface area contributed by atoms with Gasteiger partial charge in [-0.2, -0.15) is 0 Å². The molecule has 0 rings (SSSR count). The van der Waals surface area contributed by atoms with E-state index in [1.54, 1.807) is 7.05 Å². The van der Waals surface area contributed by atoms with E-state index in [4.69, 9.17) is 11.5 Å². The molecular formula is C11H18N2O3. The number of carbonyl (C=O) groups is 2. The normalized spacial score (nSPS) is 9.31. The van der Waals surface area contributed by atoms with Gasteiger partial charge in [0.25, 0.3) is 0 Å². The fourth-order valence-corrected chi connectivity index (χ4v) is 1.20. The highest BCUT2D eigenvalue weighted by atomic mass is 16.4. The molecule has 0 aromatic heterocycles. The number of rotatable bonds is 6. The minimum absolute atomic E-state index is 0.0155. The molecule has 16 heavy (non-hydrogen) atoms. The summed E-state index contributed by atoms with van der Waals surface area (Å²) in [7, 11) is 1.64. The molecule has 0 unspecified atom stereocenters. The maximum Gasteiger partial charge on any atom is 0.323 e. The van der Waals surface area contributed by atoms with Crippen LogP contribution in [0.2, 0.25) is 0 Å². The van der Waals surface area contributed by atoms with Crippen molar-refractivity contribution in [3.63, 3.8) is 0 Å². The first-order chi connectivity index (χ1) is 7.52. The van der Waals surface area contributed by atoms with Crippen LogP contribution in [0.1, 0.15) is 19.8 Å². The Morgan fingerprint density at radius 1 is 1.44 bits per heavy atom. The van der Waals surface area contributed by atoms with E-state index in [1.165, 1.54) is 4.90 Å². The zero-order chi connectivity index (χ0) is 12.6. The molecule has 5 nitrogen and oxygen atoms in total. The molecule has 0 aliphatic heterocycles. The van der Waals surface area contributed by atoms with Gasteiger partial charge in [0.15, 0.2) is 0 Å². The maximum absolute atomic E-state index is 11.8. The Morgan fingerprint density at radius 3 is 2.50 bits per heavy atom. The first-order valence-corrected chi connectivity index (χ1v) is 5.18. The Bertz CT molecular complexity index is 283. The SMILES string of the molecule is C#CCN(CC(=O)O)C(=O)N(C)CCCC. The van der Waals surface area contributed by atoms with Crippen LogP contribution in [0.5, 0.6) is 0 Å². The number of nitrogens with zero attached hydrogens (tertiary/aromatic N) is 2. The molecule has 0 aliphatic carbocycles. The number of aliphatic carboxylic acids is 1. The molecule has 0 saturated carbocycles. The van der Waals surface area contributed by atoms with Gasteiger partial charge in [0.1, 0.15) is 6.54 Å². The van der Waals surface area contributed by atoms with Gasteiger partial charge >= 0.3 is 12.0 Å². The van der Waals surface area contributed by atoms with Gasteiger partial charge in [-0.05, 0) is 6.42 Å². The van der Waals surface area contributed by atoms with Crippen molar-refractivity contribution in [2.45, 2.75) is 19.8 Å². The van der Waals surface area contributed by atoms with E-state index in [1.807, 2.05) is 6.92 Å². The number of urea groups is 1. The molecule has 0 radical (unpaired) electrons. The van der Waals surface area contributed by atoms with Crippen LogP contribution in [0.4, 0.5) is 4.79 Å². The van der Waals surface area contributed by atoms with Gasteiger partial charge in [-0.1, -0.05) is 19.3 Å². The molecular weight excluding hydrogens is 208 g/mol. The van der Waals surface area contributed by atoms with Gasteiger partial charge in [-0.25, -0.2) is 4.79 Å². The van der Waals surface area contributed by atoms with E-state index in [0.717, 1.165) is 17.7 Å². The minimum atomic E-state index is -1.06. The van der Waals surface area contributed by atoms with Crippen molar-refractivity contribution in [3.8, 4) is 12.3 Å². The van der Waals surface area contributed by atoms with Crippen LogP contribution in [0, 0.1) is 12.3 Å². The number of hydrogen-bond acceptors (Lipinski definition) is 2. The average molecular weight is 226 g/mol. The van der Waals surface area contributed by atoms with E-state index in [-0.39, 0.29) is 19.1 Å². The van der Waals surface area contributed by atoms with Crippen LogP contribution in [0.25, 0.3) is 0 Å². The number of terminal acetylenes is 1. The van der Waals surface area contributed by atoms with E-state index >= 15 is 0 Å². The van der Waals surface area contributed by atoms with E-state index in [2.05, 4.69) is 5.92 Å². The summed E-state index contributed by atoms with van der Waals surface area (Å²) >= 11 is 0. The quantitative estimate of drug-likeness (QED) is 0.683. The molecule has 0 heterocycles. The number of carbonyl (C=O) groups excluding carboxylic acids is 1. The summed E-state index contributed by atoms with van der Waals surface area (Å²) in [6, 6.07) is -0.339. The van der Waals surface area contributed by atoms with Crippen LogP contribution in [-0.2, 0) is 4.79 Å². The molecule has 0 aromatic rings. The third-order valence-electron chi connectivity index (χ3n) is 2.05. The molecule has 0 bridgehead atoms. The standard InChI is InChI=1S/C11H18N2O3/c1-4-6-8-12(3)11(16)13(7-5-2)9-10(14)15/h2H,4,6-9H2,1,3H3,(H,14,15). The highest BCUT2D eigenvalue weighted by Crippen LogP contribution is 1.99. The zero-order valence-electron chi connectivity index (χ0n) is 9.77. The number of carboxylic acid groups (broad SMARTS) is 1. The van der Waals surface area contributed by atoms with Gasteiger partial charge in [0, 0.05) is 13.6 Å². The van der Waals surface area contributed by atoms with Crippen molar-refractivity contribution in [2.75, 3.05) is 26.7 Å². The molecule has 5 heteroatoms. The Labute approximate surface area is 96.0 Å². The molecule has 90 valence electrons. The Morgan fingerprint density at radius 2 is 2.06 bits per heavy atom. The second-order valence-electron chi connectivity index (χ2n) is 3.51. The van der Waals surface area contributed by atoms with Crippen LogP contribution in [-0.4, -0.2) is 53.6 Å². The van der Waals surface area contributed by atoms with Gasteiger partial charge in [0.2, 0.25) is 0 Å². The smallest absolute Gasteiger partial charge is 0.323 e. The summed E-state index contributed by atoms with van der Waals surface area (Å²) < 4.78 is 0. The van der Waals surface area contributed by atoms with Crippen molar-refractivity contribution in [2.24, 2.45) is 0 Å². The van der Waals surface area contributed by atoms with Crippen molar-refractivity contribution >= 4 is 12.0 Å². The van der Waals surface area contributed by atoms with Crippen LogP contribution in [0.3, 0.4) is 0 Å². The van der Waals surface area contributed by atoms with E-state index in [0.29, 0.717) is 6.54 Å². The molecule has 0 saturated heterocycles. The van der Waals surface area contributed by atoms with Crippen molar-refractivity contribution in [3.05, 3.63) is 0 Å². The van der Waals surface area contributed by atoms with Crippen LogP contribution in [0.15, 0.2) is 0 Å². The first kappa shape index (κ1) is 14.3. The molecule has 0 spiro atoms. The topological polar surface area (TPSA) is 60.9 Å². The highest BCUT2D eigenvalue weighted by Gasteiger charge is 2.18. The first-order valence-electron chi connectivity index (χ1n) is 5.18. The van der Waals surface area contributed by atoms with Crippen LogP contribution >= 0.6 is 0 Å². The van der Waals surface area contributed by atoms with Gasteiger partial charge < -0.3 is 14.9 Å². The lowest BCUT2D eigenvalue weighted by Crippen LogP contribution is -2.44. The summed E-state index contributed by atoms with van der Waals surface area (Å²) in [5.74, 6) is 1.22. The predicted molar refractivity (Wildman–Crippen MR) is 61.0 cm³/mol. The van der Waals surface area contributed by atoms with Crippen molar-refractivity contribution in [1.29, 1.82) is 0 Å². The Hall–Kier alpha value is -1.70. The minimum Gasteiger partial charge on any atom is -0.480 e. The summed E-state index contributed by atoms with van der Waals surface area (Å²) in [6.07, 6.45) is 6.95. The van der Waals surface area contributed by atoms with Gasteiger partial charge in [-0.15, -0.1) is 6.42 Å². The summed E-state index contributed by atoms with van der Waals surface area (Å²) in [6.45, 7) is 2.28. The van der Waals surface area contributed by atoms with E-state index in [9.17, 15) is 9.59 Å². The number of amides is 2. The Kier molecular flexibility index (Phi) is 6.77. The molecule has 1 N–H and O–H groups in total. The molecule has 0 aromatic carbocycles. The fourth-order valence-electron chi connectivity index (χ4n) is 1.20. The lowest BCUT2D eigenvalue weighted by molar-refractivity contribution is -0.137. The maximum atomic E-state index is 11.8. The number of carboxylic acids is 1. The summed E-state index contributed by atoms with van der Waals surface area (Å²) in [5.41, 5.74) is 0. The number of unbranched alkanes of at least 4 members (excludes halogenated alkanes) is 1. The molecule has 2 amide bonds. The molecule has 0 atom stereocenters. The highest BCUT2D eigenvalue weighted by molar-refractivity contribution is 5.80. The lowest BCUT2D eigenvalue weighted by atomic mass is 10.3. The van der Waals surface area contributed by atoms with Crippen molar-refractivity contribution < 1.29 is 14.7 Å². The third kappa shape index (κ3) is 5.25. The largest absolute Gasteiger partial charge is 0.480 e. The number of hydrogen-bond donors (Lipinski definition) is 1. The fraction of sp³-hybridized carbons (Fsp3) is 0.636. The summed E-state index contributed by atoms with van der Waals surface area (Å²) in [4.78, 5) is 24.9. The third-order valence-corrected chi connectivity index (χ3v) is 2.05. The van der Waals surface area contributed by atoms with Crippen molar-refractivity contribution in [1.82, 2.24) is 9.80 Å². The molecule has 0 fully saturated rings. The second kappa shape index (κ2) is 7.57. The van der Waals surface area contributed by atoms with E-state index < -0.39 is 5.97 Å². The predicted octanol–water partition coefficient (Wildman–Crippen LogP) is 0.858. The van der Waals surface area contributed by atoms with Gasteiger partial charge in [-0.3, -0.25) is 4.79 Å². The monoisotopic (exact) mass is 226 g/mol. The summed E-state index contributed by atoms with van der Waals surface area (Å²) in [5, 5.41) is 8.64. The van der Waals surface area contributed by atoms with Gasteiger partial charge in [0.05, 0.1) is 6.54 Å².